The first-order chi connectivity index (χ1) is 18.8. The molecule has 7 nitrogen and oxygen atoms in total. The highest BCUT2D eigenvalue weighted by atomic mass is 19.1. The molecule has 0 amide bonds. The van der Waals surface area contributed by atoms with Gasteiger partial charge in [-0.15, -0.1) is 0 Å². The zero-order valence-corrected chi connectivity index (χ0v) is 24.6. The highest BCUT2D eigenvalue weighted by Crippen LogP contribution is 2.71. The number of ether oxygens (including phenoxy) is 2. The van der Waals surface area contributed by atoms with Crippen LogP contribution in [0.4, 0.5) is 4.39 Å². The van der Waals surface area contributed by atoms with Crippen molar-refractivity contribution in [3.8, 4) is 0 Å². The number of aliphatic hydroxyl groups is 1. The zero-order chi connectivity index (χ0) is 29.5. The first kappa shape index (κ1) is 30.6. The molecule has 0 saturated heterocycles. The maximum Gasteiger partial charge on any atom is 0.306 e. The fourth-order valence-electron chi connectivity index (χ4n) is 8.60. The summed E-state index contributed by atoms with van der Waals surface area (Å²) < 4.78 is 29.1. The van der Waals surface area contributed by atoms with Crippen LogP contribution in [0.5, 0.6) is 0 Å². The number of carbonyl (C=O) groups excluding carboxylic acids is 4. The molecule has 0 aromatic carbocycles. The van der Waals surface area contributed by atoms with Gasteiger partial charge in [0.05, 0.1) is 6.10 Å². The molecule has 222 valence electrons. The minimum Gasteiger partial charge on any atom is -0.457 e. The lowest BCUT2D eigenvalue weighted by Gasteiger charge is -2.62. The van der Waals surface area contributed by atoms with E-state index in [2.05, 4.69) is 0 Å². The molecule has 0 aliphatic heterocycles. The Bertz CT molecular complexity index is 1110. The van der Waals surface area contributed by atoms with Crippen molar-refractivity contribution in [1.82, 2.24) is 0 Å². The molecule has 1 N–H and O–H groups in total. The standard InChI is InChI=1S/C32H45FO7/c1-6-8-10-27(37)39-19-26(36)32(40-28(38)11-9-7-2)20(3)16-24-23-13-12-21-17-22(34)14-15-29(21,4)31(23,33)25(35)18-30(24,32)5/h14-15,17,20,23-25,35H,6-13,16,18-19H2,1-5H3/t20-,23+,24+,25-,29-,30+,31+,32+/m0/s1. The molecule has 8 heteroatoms. The van der Waals surface area contributed by atoms with E-state index in [9.17, 15) is 24.3 Å². The number of rotatable bonds is 10. The van der Waals surface area contributed by atoms with Gasteiger partial charge in [-0.3, -0.25) is 19.2 Å². The van der Waals surface area contributed by atoms with Gasteiger partial charge in [0.1, 0.15) is 0 Å². The van der Waals surface area contributed by atoms with Crippen LogP contribution in [-0.2, 0) is 28.7 Å². The molecule has 0 unspecified atom stereocenters. The van der Waals surface area contributed by atoms with Crippen molar-refractivity contribution in [2.75, 3.05) is 6.61 Å². The second kappa shape index (κ2) is 11.1. The lowest BCUT2D eigenvalue weighted by Crippen LogP contribution is -2.70. The summed E-state index contributed by atoms with van der Waals surface area (Å²) in [5.41, 5.74) is -5.27. The average Bonchev–Trinajstić information content (AvgIpc) is 3.12. The first-order valence-corrected chi connectivity index (χ1v) is 15.0. The van der Waals surface area contributed by atoms with Crippen molar-refractivity contribution in [2.45, 2.75) is 116 Å². The van der Waals surface area contributed by atoms with E-state index < -0.39 is 64.4 Å². The summed E-state index contributed by atoms with van der Waals surface area (Å²) in [6.07, 6.45) is 7.38. The van der Waals surface area contributed by atoms with Crippen molar-refractivity contribution in [2.24, 2.45) is 28.6 Å². The Morgan fingerprint density at radius 1 is 1.07 bits per heavy atom. The Hall–Kier alpha value is -2.35. The Kier molecular flexibility index (Phi) is 8.53. The molecule has 4 rings (SSSR count). The Labute approximate surface area is 236 Å². The normalized spacial score (nSPS) is 40.0. The number of aliphatic hydroxyl groups excluding tert-OH is 1. The van der Waals surface area contributed by atoms with Gasteiger partial charge in [0, 0.05) is 35.5 Å². The monoisotopic (exact) mass is 560 g/mol. The highest BCUT2D eigenvalue weighted by molar-refractivity contribution is 6.01. The minimum atomic E-state index is -2.06. The molecular formula is C32H45FO7. The summed E-state index contributed by atoms with van der Waals surface area (Å²) in [6, 6.07) is 0. The van der Waals surface area contributed by atoms with E-state index in [-0.39, 0.29) is 31.0 Å². The van der Waals surface area contributed by atoms with Crippen molar-refractivity contribution in [3.05, 3.63) is 23.8 Å². The van der Waals surface area contributed by atoms with Crippen molar-refractivity contribution in [3.63, 3.8) is 0 Å². The molecule has 3 saturated carbocycles. The third-order valence-corrected chi connectivity index (χ3v) is 10.7. The zero-order valence-electron chi connectivity index (χ0n) is 24.6. The molecule has 8 atom stereocenters. The molecule has 0 spiro atoms. The highest BCUT2D eigenvalue weighted by Gasteiger charge is 2.77. The van der Waals surface area contributed by atoms with Crippen LogP contribution in [0.2, 0.25) is 0 Å². The lowest BCUT2D eigenvalue weighted by molar-refractivity contribution is -0.228. The van der Waals surface area contributed by atoms with Crippen molar-refractivity contribution < 1.29 is 38.1 Å². The van der Waals surface area contributed by atoms with E-state index in [0.717, 1.165) is 12.8 Å². The lowest BCUT2D eigenvalue weighted by atomic mass is 9.44. The van der Waals surface area contributed by atoms with E-state index >= 15 is 4.39 Å². The van der Waals surface area contributed by atoms with Crippen LogP contribution in [0.3, 0.4) is 0 Å². The summed E-state index contributed by atoms with van der Waals surface area (Å²) in [5, 5.41) is 11.7. The summed E-state index contributed by atoms with van der Waals surface area (Å²) in [6.45, 7) is 8.80. The van der Waals surface area contributed by atoms with Gasteiger partial charge < -0.3 is 14.6 Å². The average molecular weight is 561 g/mol. The fraction of sp³-hybridized carbons (Fsp3) is 0.750. The molecule has 0 heterocycles. The number of carbonyl (C=O) groups is 4. The third kappa shape index (κ3) is 4.49. The predicted octanol–water partition coefficient (Wildman–Crippen LogP) is 5.38. The van der Waals surface area contributed by atoms with Crippen molar-refractivity contribution >= 4 is 23.5 Å². The fourth-order valence-corrected chi connectivity index (χ4v) is 8.60. The van der Waals surface area contributed by atoms with Gasteiger partial charge in [-0.05, 0) is 63.5 Å². The quantitative estimate of drug-likeness (QED) is 0.358. The van der Waals surface area contributed by atoms with Crippen LogP contribution < -0.4 is 0 Å². The number of Topliss-reactive ketones (excluding diaryl/α,β-unsaturated/α-hetero) is 1. The molecule has 0 bridgehead atoms. The number of fused-ring (bicyclic) bond motifs is 5. The van der Waals surface area contributed by atoms with E-state index in [0.29, 0.717) is 37.7 Å². The Balaban J connectivity index is 1.74. The number of ketones is 2. The SMILES string of the molecule is CCCCC(=O)OCC(=O)[C@]1(OC(=O)CCCC)[C@@H](C)C[C@@H]2[C@H]3CCC4=CC(=O)C=C[C@]4(C)[C@]3(F)[C@@H](O)C[C@]21C. The molecular weight excluding hydrogens is 515 g/mol. The van der Waals surface area contributed by atoms with Gasteiger partial charge in [0.25, 0.3) is 0 Å². The summed E-state index contributed by atoms with van der Waals surface area (Å²) in [5.74, 6) is -3.17. The van der Waals surface area contributed by atoms with Gasteiger partial charge in [0.2, 0.25) is 5.78 Å². The van der Waals surface area contributed by atoms with Gasteiger partial charge in [-0.2, -0.15) is 0 Å². The van der Waals surface area contributed by atoms with Crippen LogP contribution in [0, 0.1) is 28.6 Å². The number of halogens is 1. The molecule has 4 aliphatic rings. The summed E-state index contributed by atoms with van der Waals surface area (Å²) in [4.78, 5) is 51.7. The smallest absolute Gasteiger partial charge is 0.306 e. The predicted molar refractivity (Wildman–Crippen MR) is 147 cm³/mol. The van der Waals surface area contributed by atoms with Gasteiger partial charge in [0.15, 0.2) is 23.7 Å². The van der Waals surface area contributed by atoms with E-state index in [1.807, 2.05) is 27.7 Å². The van der Waals surface area contributed by atoms with Gasteiger partial charge in [-0.1, -0.05) is 52.2 Å². The molecule has 0 aromatic heterocycles. The number of esters is 2. The second-order valence-electron chi connectivity index (χ2n) is 12.9. The number of alkyl halides is 1. The topological polar surface area (TPSA) is 107 Å². The van der Waals surface area contributed by atoms with Crippen LogP contribution in [0.15, 0.2) is 23.8 Å². The number of allylic oxidation sites excluding steroid dienone is 4. The van der Waals surface area contributed by atoms with Gasteiger partial charge >= 0.3 is 11.9 Å². The molecule has 3 fully saturated rings. The van der Waals surface area contributed by atoms with Gasteiger partial charge in [-0.25, -0.2) is 4.39 Å². The van der Waals surface area contributed by atoms with Crippen molar-refractivity contribution in [1.29, 1.82) is 0 Å². The molecule has 40 heavy (non-hydrogen) atoms. The number of hydrogen-bond acceptors (Lipinski definition) is 7. The summed E-state index contributed by atoms with van der Waals surface area (Å²) in [7, 11) is 0. The van der Waals surface area contributed by atoms with Crippen LogP contribution >= 0.6 is 0 Å². The maximum absolute atomic E-state index is 17.5. The molecule has 0 aromatic rings. The first-order valence-electron chi connectivity index (χ1n) is 15.0. The Morgan fingerprint density at radius 3 is 2.38 bits per heavy atom. The summed E-state index contributed by atoms with van der Waals surface area (Å²) >= 11 is 0. The maximum atomic E-state index is 17.5. The third-order valence-electron chi connectivity index (χ3n) is 10.7. The largest absolute Gasteiger partial charge is 0.457 e. The number of unbranched alkanes of at least 4 members (excludes halogenated alkanes) is 2. The second-order valence-corrected chi connectivity index (χ2v) is 12.9. The van der Waals surface area contributed by atoms with Crippen LogP contribution in [0.25, 0.3) is 0 Å². The van der Waals surface area contributed by atoms with E-state index in [1.165, 1.54) is 12.2 Å². The Morgan fingerprint density at radius 2 is 1.73 bits per heavy atom. The molecule has 0 radical (unpaired) electrons. The van der Waals surface area contributed by atoms with E-state index in [4.69, 9.17) is 9.47 Å². The number of hydrogen-bond donors (Lipinski definition) is 1. The van der Waals surface area contributed by atoms with Crippen LogP contribution in [-0.4, -0.2) is 52.6 Å². The minimum absolute atomic E-state index is 0.101. The molecule has 4 aliphatic carbocycles. The van der Waals surface area contributed by atoms with E-state index in [1.54, 1.807) is 13.0 Å². The van der Waals surface area contributed by atoms with Crippen LogP contribution in [0.1, 0.15) is 98.8 Å².